The number of ether oxygens (including phenoxy) is 3. The van der Waals surface area contributed by atoms with E-state index in [9.17, 15) is 15.2 Å². The van der Waals surface area contributed by atoms with Gasteiger partial charge in [-0.15, -0.1) is 0 Å². The summed E-state index contributed by atoms with van der Waals surface area (Å²) in [6.07, 6.45) is 0. The molecule has 0 fully saturated rings. The van der Waals surface area contributed by atoms with Crippen molar-refractivity contribution in [2.24, 2.45) is 0 Å². The molecule has 0 amide bonds. The van der Waals surface area contributed by atoms with Gasteiger partial charge in [0, 0.05) is 11.0 Å². The average molecular weight is 242 g/mol. The SMILES string of the molecule is COc1c(CO)cc(B(O)O)c(OC)c1OC. The van der Waals surface area contributed by atoms with Gasteiger partial charge in [0.2, 0.25) is 5.75 Å². The second-order valence-electron chi connectivity index (χ2n) is 3.26. The molecule has 0 aliphatic heterocycles. The van der Waals surface area contributed by atoms with Crippen LogP contribution in [0.15, 0.2) is 6.07 Å². The number of benzene rings is 1. The fourth-order valence-corrected chi connectivity index (χ4v) is 1.63. The van der Waals surface area contributed by atoms with Gasteiger partial charge in [-0.2, -0.15) is 0 Å². The first-order chi connectivity index (χ1) is 8.10. The Balaban J connectivity index is 3.54. The van der Waals surface area contributed by atoms with Gasteiger partial charge in [0.25, 0.3) is 0 Å². The van der Waals surface area contributed by atoms with Gasteiger partial charge < -0.3 is 29.4 Å². The molecule has 0 saturated carbocycles. The third-order valence-corrected chi connectivity index (χ3v) is 2.36. The first-order valence-electron chi connectivity index (χ1n) is 4.89. The van der Waals surface area contributed by atoms with E-state index in [1.807, 2.05) is 0 Å². The van der Waals surface area contributed by atoms with Crippen molar-refractivity contribution in [2.75, 3.05) is 21.3 Å². The van der Waals surface area contributed by atoms with Crippen molar-refractivity contribution in [1.82, 2.24) is 0 Å². The Hall–Kier alpha value is -1.44. The average Bonchev–Trinajstić information content (AvgIpc) is 2.35. The van der Waals surface area contributed by atoms with E-state index >= 15 is 0 Å². The highest BCUT2D eigenvalue weighted by atomic mass is 16.5. The molecule has 0 aliphatic rings. The third kappa shape index (κ3) is 2.46. The van der Waals surface area contributed by atoms with Crippen LogP contribution < -0.4 is 19.7 Å². The lowest BCUT2D eigenvalue weighted by molar-refractivity contribution is 0.267. The normalized spacial score (nSPS) is 10.0. The van der Waals surface area contributed by atoms with E-state index in [0.717, 1.165) is 0 Å². The Morgan fingerprint density at radius 1 is 1.00 bits per heavy atom. The first-order valence-corrected chi connectivity index (χ1v) is 4.89. The number of methoxy groups -OCH3 is 3. The summed E-state index contributed by atoms with van der Waals surface area (Å²) < 4.78 is 15.3. The fraction of sp³-hybridized carbons (Fsp3) is 0.400. The van der Waals surface area contributed by atoms with E-state index in [1.165, 1.54) is 27.4 Å². The zero-order valence-electron chi connectivity index (χ0n) is 9.93. The van der Waals surface area contributed by atoms with Gasteiger partial charge in [-0.3, -0.25) is 0 Å². The zero-order chi connectivity index (χ0) is 13.0. The molecule has 0 atom stereocenters. The Kier molecular flexibility index (Phi) is 4.62. The van der Waals surface area contributed by atoms with Crippen molar-refractivity contribution in [2.45, 2.75) is 6.61 Å². The summed E-state index contributed by atoms with van der Waals surface area (Å²) in [6, 6.07) is 1.39. The first kappa shape index (κ1) is 13.6. The predicted octanol–water partition coefficient (Wildman–Crippen LogP) is -1.12. The molecule has 0 aromatic heterocycles. The molecule has 94 valence electrons. The molecular formula is C10H15BO6. The van der Waals surface area contributed by atoms with Crippen LogP contribution in [0.5, 0.6) is 17.2 Å². The van der Waals surface area contributed by atoms with Gasteiger partial charge in [-0.25, -0.2) is 0 Å². The second-order valence-corrected chi connectivity index (χ2v) is 3.26. The van der Waals surface area contributed by atoms with Crippen molar-refractivity contribution in [3.05, 3.63) is 11.6 Å². The topological polar surface area (TPSA) is 88.4 Å². The van der Waals surface area contributed by atoms with Crippen LogP contribution in [0.25, 0.3) is 0 Å². The molecule has 0 heterocycles. The molecule has 17 heavy (non-hydrogen) atoms. The highest BCUT2D eigenvalue weighted by Crippen LogP contribution is 2.38. The number of hydrogen-bond acceptors (Lipinski definition) is 6. The molecular weight excluding hydrogens is 227 g/mol. The third-order valence-electron chi connectivity index (χ3n) is 2.36. The number of aliphatic hydroxyl groups is 1. The maximum atomic E-state index is 9.24. The van der Waals surface area contributed by atoms with Crippen molar-refractivity contribution < 1.29 is 29.4 Å². The monoisotopic (exact) mass is 242 g/mol. The second kappa shape index (κ2) is 5.76. The molecule has 1 rings (SSSR count). The predicted molar refractivity (Wildman–Crippen MR) is 61.8 cm³/mol. The largest absolute Gasteiger partial charge is 0.493 e. The van der Waals surface area contributed by atoms with Crippen LogP contribution in [-0.4, -0.2) is 43.6 Å². The Labute approximate surface area is 99.5 Å². The van der Waals surface area contributed by atoms with Crippen LogP contribution >= 0.6 is 0 Å². The lowest BCUT2D eigenvalue weighted by Crippen LogP contribution is -2.32. The van der Waals surface area contributed by atoms with Crippen molar-refractivity contribution >= 4 is 12.6 Å². The van der Waals surface area contributed by atoms with E-state index < -0.39 is 7.12 Å². The van der Waals surface area contributed by atoms with Crippen LogP contribution in [-0.2, 0) is 6.61 Å². The molecule has 0 spiro atoms. The van der Waals surface area contributed by atoms with Crippen LogP contribution in [0.2, 0.25) is 0 Å². The Bertz CT molecular complexity index is 393. The van der Waals surface area contributed by atoms with Gasteiger partial charge in [0.1, 0.15) is 0 Å². The summed E-state index contributed by atoms with van der Waals surface area (Å²) in [5, 5.41) is 27.7. The van der Waals surface area contributed by atoms with Crippen molar-refractivity contribution in [3.8, 4) is 17.2 Å². The summed E-state index contributed by atoms with van der Waals surface area (Å²) in [4.78, 5) is 0. The van der Waals surface area contributed by atoms with Gasteiger partial charge in [-0.1, -0.05) is 0 Å². The molecule has 1 aromatic rings. The Morgan fingerprint density at radius 2 is 1.53 bits per heavy atom. The highest BCUT2D eigenvalue weighted by molar-refractivity contribution is 6.60. The Morgan fingerprint density at radius 3 is 1.88 bits per heavy atom. The van der Waals surface area contributed by atoms with Crippen LogP contribution in [0.3, 0.4) is 0 Å². The quantitative estimate of drug-likeness (QED) is 0.567. The lowest BCUT2D eigenvalue weighted by Gasteiger charge is -2.18. The molecule has 1 aromatic carbocycles. The summed E-state index contributed by atoms with van der Waals surface area (Å²) >= 11 is 0. The summed E-state index contributed by atoms with van der Waals surface area (Å²) in [5.74, 6) is 0.678. The molecule has 0 aliphatic carbocycles. The van der Waals surface area contributed by atoms with Gasteiger partial charge in [0.05, 0.1) is 27.9 Å². The smallest absolute Gasteiger partial charge is 0.492 e. The van der Waals surface area contributed by atoms with Crippen LogP contribution in [0.4, 0.5) is 0 Å². The maximum absolute atomic E-state index is 9.24. The van der Waals surface area contributed by atoms with Gasteiger partial charge in [0.15, 0.2) is 11.5 Å². The van der Waals surface area contributed by atoms with E-state index in [4.69, 9.17) is 14.2 Å². The lowest BCUT2D eigenvalue weighted by atomic mass is 9.78. The maximum Gasteiger partial charge on any atom is 0.492 e. The zero-order valence-corrected chi connectivity index (χ0v) is 9.93. The molecule has 6 nitrogen and oxygen atoms in total. The number of aliphatic hydroxyl groups excluding tert-OH is 1. The summed E-state index contributed by atoms with van der Waals surface area (Å²) in [6.45, 7) is -0.316. The van der Waals surface area contributed by atoms with E-state index in [0.29, 0.717) is 11.3 Å². The van der Waals surface area contributed by atoms with E-state index in [2.05, 4.69) is 0 Å². The van der Waals surface area contributed by atoms with Crippen molar-refractivity contribution in [1.29, 1.82) is 0 Å². The van der Waals surface area contributed by atoms with Gasteiger partial charge in [-0.05, 0) is 6.07 Å². The van der Waals surface area contributed by atoms with Crippen LogP contribution in [0.1, 0.15) is 5.56 Å². The molecule has 0 radical (unpaired) electrons. The van der Waals surface area contributed by atoms with Gasteiger partial charge >= 0.3 is 7.12 Å². The highest BCUT2D eigenvalue weighted by Gasteiger charge is 2.26. The minimum Gasteiger partial charge on any atom is -0.493 e. The number of hydrogen-bond donors (Lipinski definition) is 3. The fourth-order valence-electron chi connectivity index (χ4n) is 1.63. The summed E-state index contributed by atoms with van der Waals surface area (Å²) in [7, 11) is 2.47. The molecule has 0 unspecified atom stereocenters. The molecule has 3 N–H and O–H groups in total. The van der Waals surface area contributed by atoms with E-state index in [1.54, 1.807) is 0 Å². The van der Waals surface area contributed by atoms with E-state index in [-0.39, 0.29) is 23.6 Å². The van der Waals surface area contributed by atoms with Crippen LogP contribution in [0, 0.1) is 0 Å². The molecule has 0 saturated heterocycles. The minimum atomic E-state index is -1.73. The molecule has 0 bridgehead atoms. The standard InChI is InChI=1S/C10H15BO6/c1-15-8-6(5-12)4-7(11(13)14)9(16-2)10(8)17-3/h4,12-14H,5H2,1-3H3. The van der Waals surface area contributed by atoms with Crippen molar-refractivity contribution in [3.63, 3.8) is 0 Å². The molecule has 7 heteroatoms. The number of rotatable bonds is 5. The minimum absolute atomic E-state index is 0.106. The summed E-state index contributed by atoms with van der Waals surface area (Å²) in [5.41, 5.74) is 0.488.